The van der Waals surface area contributed by atoms with Crippen molar-refractivity contribution in [2.75, 3.05) is 6.54 Å². The Balaban J connectivity index is 2.03. The Morgan fingerprint density at radius 3 is 2.08 bits per heavy atom. The van der Waals surface area contributed by atoms with Gasteiger partial charge in [-0.05, 0) is 16.7 Å². The van der Waals surface area contributed by atoms with Gasteiger partial charge in [0.15, 0.2) is 0 Å². The Bertz CT molecular complexity index is 741. The fraction of sp³-hybridized carbons (Fsp3) is 0.400. The number of nitrogens with zero attached hydrogens (tertiary/aromatic N) is 1. The van der Waals surface area contributed by atoms with Gasteiger partial charge in [-0.25, -0.2) is 8.42 Å². The number of hydrogen-bond acceptors (Lipinski definition) is 3. The fourth-order valence-electron chi connectivity index (χ4n) is 2.57. The number of hydrogen-bond donors (Lipinski definition) is 1. The third kappa shape index (κ3) is 6.27. The minimum Gasteiger partial charge on any atom is -0.310 e. The maximum Gasteiger partial charge on any atom is 0.218 e. The molecule has 0 spiro atoms. The van der Waals surface area contributed by atoms with Crippen LogP contribution in [0.5, 0.6) is 0 Å². The summed E-state index contributed by atoms with van der Waals surface area (Å²) in [7, 11) is -3.34. The predicted molar refractivity (Wildman–Crippen MR) is 104 cm³/mol. The minimum absolute atomic E-state index is 0.0333. The molecule has 0 aliphatic heterocycles. The molecule has 2 rings (SSSR count). The van der Waals surface area contributed by atoms with Gasteiger partial charge in [-0.2, -0.15) is 4.31 Å². The van der Waals surface area contributed by atoms with E-state index < -0.39 is 10.0 Å². The van der Waals surface area contributed by atoms with E-state index in [0.29, 0.717) is 19.1 Å². The predicted octanol–water partition coefficient (Wildman–Crippen LogP) is 3.54. The van der Waals surface area contributed by atoms with E-state index in [1.807, 2.05) is 61.5 Å². The Labute approximate surface area is 151 Å². The summed E-state index contributed by atoms with van der Waals surface area (Å²) in [6, 6.07) is 17.9. The largest absolute Gasteiger partial charge is 0.310 e. The van der Waals surface area contributed by atoms with Crippen LogP contribution in [-0.4, -0.2) is 25.3 Å². The highest BCUT2D eigenvalue weighted by molar-refractivity contribution is 7.88. The van der Waals surface area contributed by atoms with Crippen LogP contribution in [0.4, 0.5) is 0 Å². The average molecular weight is 361 g/mol. The molecule has 0 saturated heterocycles. The molecule has 0 atom stereocenters. The lowest BCUT2D eigenvalue weighted by atomic mass is 10.1. The topological polar surface area (TPSA) is 49.4 Å². The van der Waals surface area contributed by atoms with Crippen LogP contribution in [0.25, 0.3) is 0 Å². The summed E-state index contributed by atoms with van der Waals surface area (Å²) in [6.07, 6.45) is 0. The van der Waals surface area contributed by atoms with Gasteiger partial charge < -0.3 is 5.32 Å². The monoisotopic (exact) mass is 360 g/mol. The van der Waals surface area contributed by atoms with Crippen LogP contribution < -0.4 is 5.32 Å². The normalized spacial score (nSPS) is 12.0. The van der Waals surface area contributed by atoms with E-state index in [4.69, 9.17) is 0 Å². The van der Waals surface area contributed by atoms with Gasteiger partial charge in [-0.1, -0.05) is 75.4 Å². The van der Waals surface area contributed by atoms with Gasteiger partial charge in [0.05, 0.1) is 5.75 Å². The van der Waals surface area contributed by atoms with Crippen molar-refractivity contribution in [1.82, 2.24) is 9.62 Å². The summed E-state index contributed by atoms with van der Waals surface area (Å²) < 4.78 is 27.0. The molecule has 0 unspecified atom stereocenters. The fourth-order valence-corrected chi connectivity index (χ4v) is 4.11. The zero-order valence-electron chi connectivity index (χ0n) is 15.3. The summed E-state index contributed by atoms with van der Waals surface area (Å²) in [6.45, 7) is 7.75. The second-order valence-corrected chi connectivity index (χ2v) is 8.49. The summed E-state index contributed by atoms with van der Waals surface area (Å²) >= 11 is 0. The summed E-state index contributed by atoms with van der Waals surface area (Å²) in [5.74, 6) is 0.0333. The van der Waals surface area contributed by atoms with Crippen molar-refractivity contribution in [3.63, 3.8) is 0 Å². The highest BCUT2D eigenvalue weighted by Crippen LogP contribution is 2.15. The molecule has 136 valence electrons. The number of benzene rings is 2. The summed E-state index contributed by atoms with van der Waals surface area (Å²) in [5.41, 5.74) is 2.98. The number of sulfonamides is 1. The highest BCUT2D eigenvalue weighted by Gasteiger charge is 2.21. The zero-order valence-corrected chi connectivity index (χ0v) is 16.1. The quantitative estimate of drug-likeness (QED) is 0.744. The van der Waals surface area contributed by atoms with Crippen LogP contribution in [0.15, 0.2) is 54.6 Å². The van der Waals surface area contributed by atoms with Crippen LogP contribution in [0.1, 0.15) is 37.5 Å². The van der Waals surface area contributed by atoms with Gasteiger partial charge in [0.2, 0.25) is 10.0 Å². The van der Waals surface area contributed by atoms with Crippen LogP contribution >= 0.6 is 0 Å². The molecule has 25 heavy (non-hydrogen) atoms. The molecule has 1 N–H and O–H groups in total. The first-order chi connectivity index (χ1) is 11.9. The molecular weight excluding hydrogens is 332 g/mol. The van der Waals surface area contributed by atoms with Gasteiger partial charge >= 0.3 is 0 Å². The van der Waals surface area contributed by atoms with Crippen molar-refractivity contribution < 1.29 is 8.42 Å². The maximum absolute atomic E-state index is 12.7. The smallest absolute Gasteiger partial charge is 0.218 e. The molecule has 0 amide bonds. The van der Waals surface area contributed by atoms with Gasteiger partial charge in [-0.3, -0.25) is 0 Å². The van der Waals surface area contributed by atoms with Crippen LogP contribution in [-0.2, 0) is 28.9 Å². The van der Waals surface area contributed by atoms with Crippen molar-refractivity contribution in [3.8, 4) is 0 Å². The van der Waals surface area contributed by atoms with Crippen LogP contribution in [0.3, 0.4) is 0 Å². The summed E-state index contributed by atoms with van der Waals surface area (Å²) in [5, 5.41) is 3.36. The van der Waals surface area contributed by atoms with Gasteiger partial charge in [0.1, 0.15) is 0 Å². The lowest BCUT2D eigenvalue weighted by Crippen LogP contribution is -2.31. The molecule has 2 aromatic rings. The van der Waals surface area contributed by atoms with Crippen LogP contribution in [0, 0.1) is 0 Å². The molecule has 0 aliphatic carbocycles. The van der Waals surface area contributed by atoms with E-state index in [-0.39, 0.29) is 5.75 Å². The first kappa shape index (κ1) is 19.6. The molecule has 5 heteroatoms. The van der Waals surface area contributed by atoms with E-state index in [9.17, 15) is 8.42 Å². The first-order valence-electron chi connectivity index (χ1n) is 8.73. The lowest BCUT2D eigenvalue weighted by Gasteiger charge is -2.20. The third-order valence-electron chi connectivity index (χ3n) is 4.03. The zero-order chi connectivity index (χ0) is 18.3. The first-order valence-corrected chi connectivity index (χ1v) is 10.3. The van der Waals surface area contributed by atoms with E-state index in [0.717, 1.165) is 23.2 Å². The van der Waals surface area contributed by atoms with E-state index in [2.05, 4.69) is 19.2 Å². The SMILES string of the molecule is CCN(Cc1ccccc1)S(=O)(=O)Cc1ccc(CNC(C)C)cc1. The Kier molecular flexibility index (Phi) is 7.17. The molecule has 0 heterocycles. The maximum atomic E-state index is 12.7. The molecular formula is C20H28N2O2S. The van der Waals surface area contributed by atoms with Crippen molar-refractivity contribution in [2.24, 2.45) is 0 Å². The average Bonchev–Trinajstić information content (AvgIpc) is 2.59. The molecule has 0 bridgehead atoms. The minimum atomic E-state index is -3.34. The Morgan fingerprint density at radius 1 is 0.920 bits per heavy atom. The van der Waals surface area contributed by atoms with Crippen molar-refractivity contribution in [1.29, 1.82) is 0 Å². The standard InChI is InChI=1S/C20H28N2O2S/c1-4-22(15-19-8-6-5-7-9-19)25(23,24)16-20-12-10-18(11-13-20)14-21-17(2)3/h5-13,17,21H,4,14-16H2,1-3H3. The molecule has 0 aromatic heterocycles. The molecule has 0 fully saturated rings. The molecule has 0 aliphatic rings. The van der Waals surface area contributed by atoms with E-state index in [1.165, 1.54) is 4.31 Å². The van der Waals surface area contributed by atoms with Gasteiger partial charge in [-0.15, -0.1) is 0 Å². The van der Waals surface area contributed by atoms with Crippen molar-refractivity contribution in [3.05, 3.63) is 71.3 Å². The third-order valence-corrected chi connectivity index (χ3v) is 5.91. The lowest BCUT2D eigenvalue weighted by molar-refractivity contribution is 0.422. The number of nitrogens with one attached hydrogen (secondary N) is 1. The molecule has 4 nitrogen and oxygen atoms in total. The Morgan fingerprint density at radius 2 is 1.52 bits per heavy atom. The van der Waals surface area contributed by atoms with Gasteiger partial charge in [0.25, 0.3) is 0 Å². The second kappa shape index (κ2) is 9.13. The summed E-state index contributed by atoms with van der Waals surface area (Å²) in [4.78, 5) is 0. The molecule has 2 aromatic carbocycles. The van der Waals surface area contributed by atoms with Crippen LogP contribution in [0.2, 0.25) is 0 Å². The van der Waals surface area contributed by atoms with Crippen molar-refractivity contribution >= 4 is 10.0 Å². The second-order valence-electron chi connectivity index (χ2n) is 6.52. The van der Waals surface area contributed by atoms with Gasteiger partial charge in [0, 0.05) is 25.7 Å². The molecule has 0 radical (unpaired) electrons. The number of rotatable bonds is 9. The van der Waals surface area contributed by atoms with E-state index >= 15 is 0 Å². The Hall–Kier alpha value is -1.69. The molecule has 0 saturated carbocycles. The highest BCUT2D eigenvalue weighted by atomic mass is 32.2. The van der Waals surface area contributed by atoms with Crippen molar-refractivity contribution in [2.45, 2.75) is 45.7 Å². The van der Waals surface area contributed by atoms with E-state index in [1.54, 1.807) is 0 Å².